The highest BCUT2D eigenvalue weighted by Crippen LogP contribution is 1.81. The van der Waals surface area contributed by atoms with E-state index >= 15 is 0 Å². The summed E-state index contributed by atoms with van der Waals surface area (Å²) in [6.07, 6.45) is 1.89. The third-order valence-corrected chi connectivity index (χ3v) is 1.78. The van der Waals surface area contributed by atoms with Crippen molar-refractivity contribution in [3.63, 3.8) is 0 Å². The highest BCUT2D eigenvalue weighted by atomic mass is 16.4. The first-order chi connectivity index (χ1) is 7.50. The Balaban J connectivity index is 2.77. The van der Waals surface area contributed by atoms with Crippen LogP contribution in [-0.4, -0.2) is 56.4 Å². The topological polar surface area (TPSA) is 93.2 Å². The van der Waals surface area contributed by atoms with E-state index in [0.717, 1.165) is 17.0 Å². The zero-order valence-corrected chi connectivity index (χ0v) is 9.07. The largest absolute Gasteiger partial charge is 0.478 e. The number of nitrogens with zero attached hydrogens (tertiary/aromatic N) is 5. The third-order valence-electron chi connectivity index (χ3n) is 1.78. The van der Waals surface area contributed by atoms with Crippen molar-refractivity contribution in [2.24, 2.45) is 0 Å². The molecule has 1 N–H and O–H groups in total. The zero-order chi connectivity index (χ0) is 12.1. The van der Waals surface area contributed by atoms with Crippen LogP contribution in [0.5, 0.6) is 0 Å². The smallest absolute Gasteiger partial charge is 0.367 e. The fourth-order valence-corrected chi connectivity index (χ4v) is 0.949. The van der Waals surface area contributed by atoms with Gasteiger partial charge in [0.25, 0.3) is 0 Å². The van der Waals surface area contributed by atoms with E-state index < -0.39 is 11.7 Å². The molecule has 1 aromatic rings. The van der Waals surface area contributed by atoms with Crippen LogP contribution in [0.25, 0.3) is 6.20 Å². The van der Waals surface area contributed by atoms with Crippen LogP contribution in [0.3, 0.4) is 0 Å². The SMILES string of the molecule is CN(C)CCn1nnn(/C=C/C(=O)O)c1=O. The van der Waals surface area contributed by atoms with Crippen molar-refractivity contribution < 1.29 is 9.90 Å². The molecule has 0 aliphatic heterocycles. The van der Waals surface area contributed by atoms with E-state index in [-0.39, 0.29) is 0 Å². The summed E-state index contributed by atoms with van der Waals surface area (Å²) in [7, 11) is 3.75. The lowest BCUT2D eigenvalue weighted by Gasteiger charge is -2.06. The summed E-state index contributed by atoms with van der Waals surface area (Å²) in [5.41, 5.74) is -0.459. The molecule has 88 valence electrons. The molecule has 0 saturated carbocycles. The van der Waals surface area contributed by atoms with E-state index in [1.165, 1.54) is 4.68 Å². The van der Waals surface area contributed by atoms with Gasteiger partial charge in [-0.25, -0.2) is 9.59 Å². The Bertz CT molecular complexity index is 445. The predicted molar refractivity (Wildman–Crippen MR) is 55.8 cm³/mol. The number of aromatic nitrogens is 4. The van der Waals surface area contributed by atoms with Gasteiger partial charge in [-0.2, -0.15) is 9.36 Å². The average molecular weight is 227 g/mol. The van der Waals surface area contributed by atoms with Crippen LogP contribution in [0.1, 0.15) is 0 Å². The van der Waals surface area contributed by atoms with Crippen molar-refractivity contribution in [1.82, 2.24) is 24.7 Å². The fraction of sp³-hybridized carbons (Fsp3) is 0.500. The molecule has 8 nitrogen and oxygen atoms in total. The van der Waals surface area contributed by atoms with Crippen LogP contribution in [0.15, 0.2) is 10.9 Å². The van der Waals surface area contributed by atoms with Gasteiger partial charge in [-0.3, -0.25) is 0 Å². The molecule has 0 radical (unpaired) electrons. The van der Waals surface area contributed by atoms with Gasteiger partial charge in [0.1, 0.15) is 0 Å². The van der Waals surface area contributed by atoms with Crippen LogP contribution in [0.4, 0.5) is 0 Å². The molecule has 1 rings (SSSR count). The number of rotatable bonds is 5. The Morgan fingerprint density at radius 1 is 1.50 bits per heavy atom. The molecule has 0 aromatic carbocycles. The van der Waals surface area contributed by atoms with Gasteiger partial charge in [0.05, 0.1) is 6.54 Å². The molecule has 16 heavy (non-hydrogen) atoms. The molecule has 0 fully saturated rings. The predicted octanol–water partition coefficient (Wildman–Crippen LogP) is -1.44. The van der Waals surface area contributed by atoms with Crippen molar-refractivity contribution in [2.75, 3.05) is 20.6 Å². The molecule has 0 spiro atoms. The number of carboxylic acids is 1. The van der Waals surface area contributed by atoms with Crippen molar-refractivity contribution >= 4 is 12.2 Å². The molecule has 0 aliphatic carbocycles. The van der Waals surface area contributed by atoms with Crippen molar-refractivity contribution in [3.8, 4) is 0 Å². The van der Waals surface area contributed by atoms with Crippen molar-refractivity contribution in [3.05, 3.63) is 16.6 Å². The summed E-state index contributed by atoms with van der Waals surface area (Å²) in [5, 5.41) is 15.5. The molecule has 0 unspecified atom stereocenters. The quantitative estimate of drug-likeness (QED) is 0.619. The van der Waals surface area contributed by atoms with E-state index in [2.05, 4.69) is 10.4 Å². The molecule has 0 amide bonds. The Kier molecular flexibility index (Phi) is 3.95. The number of tetrazole rings is 1. The maximum absolute atomic E-state index is 11.5. The highest BCUT2D eigenvalue weighted by molar-refractivity contribution is 5.82. The minimum absolute atomic E-state index is 0.409. The van der Waals surface area contributed by atoms with E-state index in [1.54, 1.807) is 0 Å². The second-order valence-corrected chi connectivity index (χ2v) is 3.39. The summed E-state index contributed by atoms with van der Waals surface area (Å²) >= 11 is 0. The summed E-state index contributed by atoms with van der Waals surface area (Å²) < 4.78 is 2.05. The molecule has 0 atom stereocenters. The summed E-state index contributed by atoms with van der Waals surface area (Å²) in [6, 6.07) is 0. The average Bonchev–Trinajstić information content (AvgIpc) is 2.53. The number of carboxylic acid groups (broad SMARTS) is 1. The number of carbonyl (C=O) groups is 1. The van der Waals surface area contributed by atoms with Crippen molar-refractivity contribution in [2.45, 2.75) is 6.54 Å². The van der Waals surface area contributed by atoms with Crippen molar-refractivity contribution in [1.29, 1.82) is 0 Å². The number of likely N-dealkylation sites (N-methyl/N-ethyl adjacent to an activating group) is 1. The molecule has 1 heterocycles. The van der Waals surface area contributed by atoms with E-state index in [4.69, 9.17) is 5.11 Å². The zero-order valence-electron chi connectivity index (χ0n) is 9.07. The summed E-state index contributed by atoms with van der Waals surface area (Å²) in [6.45, 7) is 1.06. The first kappa shape index (κ1) is 12.1. The molecular formula is C8H13N5O3. The minimum Gasteiger partial charge on any atom is -0.478 e. The maximum atomic E-state index is 11.5. The molecule has 0 bridgehead atoms. The van der Waals surface area contributed by atoms with Gasteiger partial charge in [-0.1, -0.05) is 0 Å². The van der Waals surface area contributed by atoms with Gasteiger partial charge in [-0.05, 0) is 24.5 Å². The van der Waals surface area contributed by atoms with Crippen LogP contribution in [-0.2, 0) is 11.3 Å². The standard InChI is InChI=1S/C8H13N5O3/c1-11(2)5-6-13-8(16)12(9-10-13)4-3-7(14)15/h3-4H,5-6H2,1-2H3,(H,14,15)/b4-3+. The van der Waals surface area contributed by atoms with Gasteiger partial charge in [0.2, 0.25) is 0 Å². The van der Waals surface area contributed by atoms with Gasteiger partial charge in [0.15, 0.2) is 0 Å². The van der Waals surface area contributed by atoms with Gasteiger partial charge in [0, 0.05) is 18.8 Å². The number of hydrogen-bond donors (Lipinski definition) is 1. The van der Waals surface area contributed by atoms with E-state index in [9.17, 15) is 9.59 Å². The monoisotopic (exact) mass is 227 g/mol. The second-order valence-electron chi connectivity index (χ2n) is 3.39. The maximum Gasteiger partial charge on any atom is 0.367 e. The molecule has 0 saturated heterocycles. The fourth-order valence-electron chi connectivity index (χ4n) is 0.949. The number of hydrogen-bond acceptors (Lipinski definition) is 5. The van der Waals surface area contributed by atoms with E-state index in [1.807, 2.05) is 19.0 Å². The highest BCUT2D eigenvalue weighted by Gasteiger charge is 2.04. The first-order valence-corrected chi connectivity index (χ1v) is 4.59. The summed E-state index contributed by atoms with van der Waals surface area (Å²) in [5.74, 6) is -1.14. The van der Waals surface area contributed by atoms with Gasteiger partial charge >= 0.3 is 11.7 Å². The van der Waals surface area contributed by atoms with Crippen LogP contribution in [0, 0.1) is 0 Å². The molecular weight excluding hydrogens is 214 g/mol. The minimum atomic E-state index is -1.14. The normalized spacial score (nSPS) is 11.4. The van der Waals surface area contributed by atoms with Gasteiger partial charge in [-0.15, -0.1) is 0 Å². The lowest BCUT2D eigenvalue weighted by Crippen LogP contribution is -2.28. The molecule has 0 aliphatic rings. The number of aliphatic carboxylic acids is 1. The lowest BCUT2D eigenvalue weighted by atomic mass is 10.6. The van der Waals surface area contributed by atoms with E-state index in [0.29, 0.717) is 13.1 Å². The Hall–Kier alpha value is -1.96. The third kappa shape index (κ3) is 3.31. The van der Waals surface area contributed by atoms with Crippen LogP contribution in [0.2, 0.25) is 0 Å². The second kappa shape index (κ2) is 5.21. The molecule has 1 aromatic heterocycles. The van der Waals surface area contributed by atoms with Crippen LogP contribution < -0.4 is 5.69 Å². The Labute approximate surface area is 91.4 Å². The van der Waals surface area contributed by atoms with Gasteiger partial charge < -0.3 is 10.0 Å². The summed E-state index contributed by atoms with van der Waals surface area (Å²) in [4.78, 5) is 23.7. The molecule has 8 heteroatoms. The Morgan fingerprint density at radius 2 is 2.19 bits per heavy atom. The van der Waals surface area contributed by atoms with Crippen LogP contribution >= 0.6 is 0 Å². The first-order valence-electron chi connectivity index (χ1n) is 4.59. The Morgan fingerprint density at radius 3 is 2.75 bits per heavy atom. The lowest BCUT2D eigenvalue weighted by molar-refractivity contribution is -0.131.